The second-order valence-corrected chi connectivity index (χ2v) is 3.68. The smallest absolute Gasteiger partial charge is 0.102 e. The summed E-state index contributed by atoms with van der Waals surface area (Å²) in [6.07, 6.45) is 2.03. The van der Waals surface area contributed by atoms with E-state index in [1.165, 1.54) is 0 Å². The van der Waals surface area contributed by atoms with Gasteiger partial charge in [0.1, 0.15) is 6.67 Å². The predicted molar refractivity (Wildman–Crippen MR) is 47.1 cm³/mol. The first-order chi connectivity index (χ1) is 5.70. The maximum Gasteiger partial charge on any atom is 0.102 e. The van der Waals surface area contributed by atoms with Gasteiger partial charge in [0.15, 0.2) is 0 Å². The van der Waals surface area contributed by atoms with E-state index in [0.29, 0.717) is 6.54 Å². The van der Waals surface area contributed by atoms with Crippen molar-refractivity contribution in [3.8, 4) is 0 Å². The van der Waals surface area contributed by atoms with Crippen LogP contribution >= 0.6 is 0 Å². The molecule has 0 bridgehead atoms. The van der Waals surface area contributed by atoms with Crippen LogP contribution in [0.25, 0.3) is 0 Å². The zero-order valence-corrected chi connectivity index (χ0v) is 7.98. The molecular weight excluding hydrogens is 157 g/mol. The summed E-state index contributed by atoms with van der Waals surface area (Å²) in [5, 5.41) is 0. The first kappa shape index (κ1) is 9.93. The quantitative estimate of drug-likeness (QED) is 0.644. The molecule has 0 spiro atoms. The molecule has 0 aromatic rings. The Hall–Kier alpha value is -0.150. The molecule has 2 nitrogen and oxygen atoms in total. The van der Waals surface area contributed by atoms with Crippen LogP contribution in [0, 0.1) is 0 Å². The van der Waals surface area contributed by atoms with Gasteiger partial charge in [0.05, 0.1) is 5.60 Å². The number of ether oxygens (including phenoxy) is 1. The van der Waals surface area contributed by atoms with Gasteiger partial charge in [-0.1, -0.05) is 0 Å². The van der Waals surface area contributed by atoms with Crippen molar-refractivity contribution in [1.29, 1.82) is 0 Å². The molecule has 0 unspecified atom stereocenters. The molecule has 1 saturated heterocycles. The topological polar surface area (TPSA) is 12.5 Å². The summed E-state index contributed by atoms with van der Waals surface area (Å²) < 4.78 is 17.4. The summed E-state index contributed by atoms with van der Waals surface area (Å²) in [4.78, 5) is 2.15. The average molecular weight is 175 g/mol. The molecule has 0 N–H and O–H groups in total. The van der Waals surface area contributed by atoms with Crippen molar-refractivity contribution in [3.05, 3.63) is 0 Å². The van der Waals surface area contributed by atoms with Gasteiger partial charge in [0.25, 0.3) is 0 Å². The van der Waals surface area contributed by atoms with E-state index in [1.807, 2.05) is 0 Å². The van der Waals surface area contributed by atoms with E-state index in [1.54, 1.807) is 7.11 Å². The number of nitrogens with zero attached hydrogens (tertiary/aromatic N) is 1. The Labute approximate surface area is 73.7 Å². The Morgan fingerprint density at radius 3 is 2.42 bits per heavy atom. The molecule has 1 heterocycles. The minimum Gasteiger partial charge on any atom is -0.378 e. The van der Waals surface area contributed by atoms with Crippen LogP contribution in [0.1, 0.15) is 19.8 Å². The summed E-state index contributed by atoms with van der Waals surface area (Å²) in [5.74, 6) is 0. The molecule has 0 aromatic carbocycles. The Morgan fingerprint density at radius 2 is 2.00 bits per heavy atom. The monoisotopic (exact) mass is 175 g/mol. The third-order valence-corrected chi connectivity index (χ3v) is 2.81. The van der Waals surface area contributed by atoms with Gasteiger partial charge in [-0.25, -0.2) is 4.39 Å². The van der Waals surface area contributed by atoms with E-state index in [2.05, 4.69) is 11.8 Å². The Morgan fingerprint density at radius 1 is 1.42 bits per heavy atom. The fourth-order valence-corrected chi connectivity index (χ4v) is 1.57. The van der Waals surface area contributed by atoms with Crippen LogP contribution in [-0.2, 0) is 4.74 Å². The van der Waals surface area contributed by atoms with E-state index in [-0.39, 0.29) is 12.3 Å². The molecule has 0 atom stereocenters. The van der Waals surface area contributed by atoms with Gasteiger partial charge < -0.3 is 9.64 Å². The van der Waals surface area contributed by atoms with Crippen molar-refractivity contribution in [3.63, 3.8) is 0 Å². The maximum atomic E-state index is 12.0. The number of alkyl halides is 1. The predicted octanol–water partition coefficient (Wildman–Crippen LogP) is 1.46. The lowest BCUT2D eigenvalue weighted by Crippen LogP contribution is -2.44. The van der Waals surface area contributed by atoms with E-state index in [4.69, 9.17) is 4.74 Å². The molecule has 0 radical (unpaired) electrons. The molecule has 1 aliphatic rings. The van der Waals surface area contributed by atoms with Crippen LogP contribution in [0.3, 0.4) is 0 Å². The molecule has 1 aliphatic heterocycles. The second-order valence-electron chi connectivity index (χ2n) is 3.68. The highest BCUT2D eigenvalue weighted by Gasteiger charge is 2.29. The first-order valence-corrected chi connectivity index (χ1v) is 4.54. The highest BCUT2D eigenvalue weighted by molar-refractivity contribution is 4.82. The van der Waals surface area contributed by atoms with Crippen LogP contribution in [0.4, 0.5) is 4.39 Å². The molecule has 12 heavy (non-hydrogen) atoms. The number of likely N-dealkylation sites (tertiary alicyclic amines) is 1. The van der Waals surface area contributed by atoms with Gasteiger partial charge in [0, 0.05) is 26.7 Å². The fourth-order valence-electron chi connectivity index (χ4n) is 1.57. The highest BCUT2D eigenvalue weighted by atomic mass is 19.1. The van der Waals surface area contributed by atoms with Gasteiger partial charge >= 0.3 is 0 Å². The normalized spacial score (nSPS) is 24.2. The second kappa shape index (κ2) is 4.19. The van der Waals surface area contributed by atoms with Crippen LogP contribution in [0.15, 0.2) is 0 Å². The zero-order chi connectivity index (χ0) is 9.03. The van der Waals surface area contributed by atoms with Gasteiger partial charge in [-0.15, -0.1) is 0 Å². The summed E-state index contributed by atoms with van der Waals surface area (Å²) in [6.45, 7) is 4.41. The molecule has 0 saturated carbocycles. The SMILES string of the molecule is COC1(C)CCN(CCF)CC1. The molecule has 72 valence electrons. The number of hydrogen-bond donors (Lipinski definition) is 0. The molecular formula is C9H18FNO. The zero-order valence-electron chi connectivity index (χ0n) is 7.98. The van der Waals surface area contributed by atoms with E-state index < -0.39 is 0 Å². The molecule has 3 heteroatoms. The lowest BCUT2D eigenvalue weighted by molar-refractivity contribution is -0.0431. The number of rotatable bonds is 3. The molecule has 1 fully saturated rings. The number of hydrogen-bond acceptors (Lipinski definition) is 2. The summed E-state index contributed by atoms with van der Waals surface area (Å²) >= 11 is 0. The number of piperidine rings is 1. The minimum atomic E-state index is -0.232. The first-order valence-electron chi connectivity index (χ1n) is 4.54. The lowest BCUT2D eigenvalue weighted by Gasteiger charge is -2.37. The Bertz CT molecular complexity index is 132. The third-order valence-electron chi connectivity index (χ3n) is 2.81. The minimum absolute atomic E-state index is 0.0345. The van der Waals surface area contributed by atoms with Gasteiger partial charge in [0.2, 0.25) is 0 Å². The lowest BCUT2D eigenvalue weighted by atomic mass is 9.93. The van der Waals surface area contributed by atoms with Crippen LogP contribution in [-0.4, -0.2) is 43.9 Å². The van der Waals surface area contributed by atoms with E-state index >= 15 is 0 Å². The summed E-state index contributed by atoms with van der Waals surface area (Å²) in [5.41, 5.74) is 0.0345. The number of halogens is 1. The maximum absolute atomic E-state index is 12.0. The van der Waals surface area contributed by atoms with Crippen molar-refractivity contribution in [1.82, 2.24) is 4.90 Å². The summed E-state index contributed by atoms with van der Waals surface area (Å²) in [6, 6.07) is 0. The summed E-state index contributed by atoms with van der Waals surface area (Å²) in [7, 11) is 1.75. The van der Waals surface area contributed by atoms with Crippen molar-refractivity contribution >= 4 is 0 Å². The van der Waals surface area contributed by atoms with E-state index in [0.717, 1.165) is 25.9 Å². The largest absolute Gasteiger partial charge is 0.378 e. The van der Waals surface area contributed by atoms with Crippen molar-refractivity contribution in [2.24, 2.45) is 0 Å². The average Bonchev–Trinajstić information content (AvgIpc) is 2.10. The van der Waals surface area contributed by atoms with Gasteiger partial charge in [-0.2, -0.15) is 0 Å². The molecule has 1 rings (SSSR count). The third kappa shape index (κ3) is 2.42. The highest BCUT2D eigenvalue weighted by Crippen LogP contribution is 2.24. The van der Waals surface area contributed by atoms with Crippen LogP contribution < -0.4 is 0 Å². The molecule has 0 aliphatic carbocycles. The fraction of sp³-hybridized carbons (Fsp3) is 1.00. The standard InChI is InChI=1S/C9H18FNO/c1-9(12-2)3-6-11(7-4-9)8-5-10/h3-8H2,1-2H3. The Balaban J connectivity index is 2.29. The molecule has 0 amide bonds. The van der Waals surface area contributed by atoms with Gasteiger partial charge in [-0.05, 0) is 19.8 Å². The number of methoxy groups -OCH3 is 1. The Kier molecular flexibility index (Phi) is 3.47. The van der Waals surface area contributed by atoms with Crippen molar-refractivity contribution in [2.75, 3.05) is 33.4 Å². The van der Waals surface area contributed by atoms with Crippen molar-refractivity contribution in [2.45, 2.75) is 25.4 Å². The molecule has 0 aromatic heterocycles. The van der Waals surface area contributed by atoms with Crippen LogP contribution in [0.5, 0.6) is 0 Å². The van der Waals surface area contributed by atoms with Crippen LogP contribution in [0.2, 0.25) is 0 Å². The van der Waals surface area contributed by atoms with Crippen molar-refractivity contribution < 1.29 is 9.13 Å². The van der Waals surface area contributed by atoms with E-state index in [9.17, 15) is 4.39 Å². The van der Waals surface area contributed by atoms with Gasteiger partial charge in [-0.3, -0.25) is 0 Å².